The maximum atomic E-state index is 11.1. The molecule has 0 bridgehead atoms. The van der Waals surface area contributed by atoms with Gasteiger partial charge in [-0.1, -0.05) is 23.2 Å². The number of primary amides is 1. The molecule has 1 fully saturated rings. The highest BCUT2D eigenvalue weighted by Crippen LogP contribution is 2.27. The van der Waals surface area contributed by atoms with E-state index in [1.54, 1.807) is 25.2 Å². The summed E-state index contributed by atoms with van der Waals surface area (Å²) in [5.74, 6) is 1.54. The molecule has 0 aromatic heterocycles. The lowest BCUT2D eigenvalue weighted by Crippen LogP contribution is -2.47. The van der Waals surface area contributed by atoms with Crippen LogP contribution in [0.25, 0.3) is 0 Å². The topological polar surface area (TPSA) is 80.0 Å². The van der Waals surface area contributed by atoms with E-state index in [1.165, 1.54) is 0 Å². The van der Waals surface area contributed by atoms with Gasteiger partial charge >= 0.3 is 0 Å². The lowest BCUT2D eigenvalue weighted by Gasteiger charge is -2.34. The van der Waals surface area contributed by atoms with Gasteiger partial charge in [0.25, 0.3) is 0 Å². The highest BCUT2D eigenvalue weighted by molar-refractivity contribution is 6.35. The molecule has 1 aromatic rings. The first-order valence-electron chi connectivity index (χ1n) is 8.81. The monoisotopic (exact) mass is 400 g/mol. The number of hydrogen-bond donors (Lipinski definition) is 2. The molecule has 1 aromatic carbocycles. The number of likely N-dealkylation sites (tertiary alicyclic amines) is 1. The van der Waals surface area contributed by atoms with Gasteiger partial charge in [-0.25, -0.2) is 0 Å². The molecule has 0 radical (unpaired) electrons. The molecule has 0 spiro atoms. The second kappa shape index (κ2) is 10.5. The van der Waals surface area contributed by atoms with Gasteiger partial charge in [0.15, 0.2) is 5.96 Å². The van der Waals surface area contributed by atoms with E-state index in [1.807, 2.05) is 0 Å². The van der Waals surface area contributed by atoms with E-state index < -0.39 is 0 Å². The molecular weight excluding hydrogens is 375 g/mol. The van der Waals surface area contributed by atoms with E-state index in [4.69, 9.17) is 33.7 Å². The van der Waals surface area contributed by atoms with Crippen LogP contribution in [-0.2, 0) is 4.79 Å². The van der Waals surface area contributed by atoms with Crippen LogP contribution in [0.4, 0.5) is 0 Å². The molecule has 1 atom stereocenters. The Balaban J connectivity index is 1.72. The van der Waals surface area contributed by atoms with Crippen LogP contribution in [0, 0.1) is 5.92 Å². The number of carbonyl (C=O) groups is 1. The average molecular weight is 401 g/mol. The highest BCUT2D eigenvalue weighted by Gasteiger charge is 2.23. The summed E-state index contributed by atoms with van der Waals surface area (Å²) in [7, 11) is 1.77. The van der Waals surface area contributed by atoms with Crippen LogP contribution in [0.15, 0.2) is 23.2 Å². The van der Waals surface area contributed by atoms with Crippen molar-refractivity contribution in [3.05, 3.63) is 28.2 Å². The summed E-state index contributed by atoms with van der Waals surface area (Å²) in [5, 5.41) is 4.45. The van der Waals surface area contributed by atoms with Crippen molar-refractivity contribution in [1.82, 2.24) is 10.2 Å². The minimum absolute atomic E-state index is 0.238. The number of rotatable bonds is 7. The first kappa shape index (κ1) is 20.6. The zero-order chi connectivity index (χ0) is 18.9. The molecule has 144 valence electrons. The Hall–Kier alpha value is -1.66. The van der Waals surface area contributed by atoms with Crippen LogP contribution in [0.2, 0.25) is 10.0 Å². The Kier molecular flexibility index (Phi) is 8.32. The second-order valence-corrected chi connectivity index (χ2v) is 7.22. The predicted octanol–water partition coefficient (Wildman–Crippen LogP) is 2.93. The summed E-state index contributed by atoms with van der Waals surface area (Å²) in [5.41, 5.74) is 5.32. The SMILES string of the molecule is CN=C(NCCCOc1ccc(Cl)cc1Cl)N1CCCC(CC(N)=O)C1. The van der Waals surface area contributed by atoms with Crippen molar-refractivity contribution < 1.29 is 9.53 Å². The first-order valence-corrected chi connectivity index (χ1v) is 9.57. The largest absolute Gasteiger partial charge is 0.492 e. The van der Waals surface area contributed by atoms with Gasteiger partial charge in [-0.2, -0.15) is 0 Å². The van der Waals surface area contributed by atoms with Gasteiger partial charge in [-0.3, -0.25) is 9.79 Å². The summed E-state index contributed by atoms with van der Waals surface area (Å²) in [4.78, 5) is 17.7. The smallest absolute Gasteiger partial charge is 0.217 e. The van der Waals surface area contributed by atoms with Crippen LogP contribution >= 0.6 is 23.2 Å². The first-order chi connectivity index (χ1) is 12.5. The van der Waals surface area contributed by atoms with Crippen molar-refractivity contribution in [3.8, 4) is 5.75 Å². The molecule has 1 aliphatic rings. The number of guanidine groups is 1. The second-order valence-electron chi connectivity index (χ2n) is 6.38. The summed E-state index contributed by atoms with van der Waals surface area (Å²) in [6.07, 6.45) is 3.31. The predicted molar refractivity (Wildman–Crippen MR) is 106 cm³/mol. The summed E-state index contributed by atoms with van der Waals surface area (Å²) in [6.45, 7) is 3.01. The average Bonchev–Trinajstić information content (AvgIpc) is 2.59. The maximum absolute atomic E-state index is 11.1. The van der Waals surface area contributed by atoms with Crippen molar-refractivity contribution in [2.75, 3.05) is 33.3 Å². The van der Waals surface area contributed by atoms with Crippen LogP contribution in [0.1, 0.15) is 25.7 Å². The van der Waals surface area contributed by atoms with Crippen molar-refractivity contribution in [3.63, 3.8) is 0 Å². The number of nitrogens with zero attached hydrogens (tertiary/aromatic N) is 2. The van der Waals surface area contributed by atoms with E-state index in [2.05, 4.69) is 15.2 Å². The Labute approximate surface area is 164 Å². The van der Waals surface area contributed by atoms with Gasteiger partial charge in [-0.15, -0.1) is 0 Å². The van der Waals surface area contributed by atoms with Crippen molar-refractivity contribution in [2.45, 2.75) is 25.7 Å². The number of benzene rings is 1. The molecule has 0 saturated carbocycles. The van der Waals surface area contributed by atoms with Gasteiger partial charge in [0.1, 0.15) is 5.75 Å². The number of nitrogens with one attached hydrogen (secondary N) is 1. The lowest BCUT2D eigenvalue weighted by atomic mass is 9.95. The zero-order valence-corrected chi connectivity index (χ0v) is 16.5. The molecule has 1 unspecified atom stereocenters. The third kappa shape index (κ3) is 6.57. The van der Waals surface area contributed by atoms with E-state index in [9.17, 15) is 4.79 Å². The van der Waals surface area contributed by atoms with Gasteiger partial charge in [0.05, 0.1) is 11.6 Å². The standard InChI is InChI=1S/C18H26Cl2N4O2/c1-22-18(24-8-2-4-13(12-24)10-17(21)25)23-7-3-9-26-16-6-5-14(19)11-15(16)20/h5-6,11,13H,2-4,7-10,12H2,1H3,(H2,21,25)(H,22,23). The van der Waals surface area contributed by atoms with E-state index >= 15 is 0 Å². The van der Waals surface area contributed by atoms with Crippen molar-refractivity contribution in [1.29, 1.82) is 0 Å². The highest BCUT2D eigenvalue weighted by atomic mass is 35.5. The van der Waals surface area contributed by atoms with Crippen LogP contribution in [0.5, 0.6) is 5.75 Å². The number of halogens is 2. The molecule has 1 aliphatic heterocycles. The minimum Gasteiger partial charge on any atom is -0.492 e. The molecule has 0 aliphatic carbocycles. The maximum Gasteiger partial charge on any atom is 0.217 e. The number of hydrogen-bond acceptors (Lipinski definition) is 3. The van der Waals surface area contributed by atoms with E-state index in [0.29, 0.717) is 34.7 Å². The molecule has 1 heterocycles. The lowest BCUT2D eigenvalue weighted by molar-refractivity contribution is -0.119. The van der Waals surface area contributed by atoms with Crippen LogP contribution in [-0.4, -0.2) is 50.1 Å². The van der Waals surface area contributed by atoms with Crippen LogP contribution < -0.4 is 15.8 Å². The quantitative estimate of drug-likeness (QED) is 0.418. The third-order valence-corrected chi connectivity index (χ3v) is 4.81. The summed E-state index contributed by atoms with van der Waals surface area (Å²) < 4.78 is 5.68. The van der Waals surface area contributed by atoms with Gasteiger partial charge in [0.2, 0.25) is 5.91 Å². The Morgan fingerprint density at radius 3 is 2.96 bits per heavy atom. The summed E-state index contributed by atoms with van der Waals surface area (Å²) >= 11 is 12.0. The number of carbonyl (C=O) groups excluding carboxylic acids is 1. The molecule has 6 nitrogen and oxygen atoms in total. The molecule has 3 N–H and O–H groups in total. The molecule has 1 saturated heterocycles. The minimum atomic E-state index is -0.238. The zero-order valence-electron chi connectivity index (χ0n) is 15.0. The fourth-order valence-corrected chi connectivity index (χ4v) is 3.55. The number of amides is 1. The number of ether oxygens (including phenoxy) is 1. The molecule has 26 heavy (non-hydrogen) atoms. The molecule has 8 heteroatoms. The normalized spacial score (nSPS) is 17.9. The van der Waals surface area contributed by atoms with Gasteiger partial charge < -0.3 is 20.7 Å². The van der Waals surface area contributed by atoms with Crippen molar-refractivity contribution in [2.24, 2.45) is 16.6 Å². The fourth-order valence-electron chi connectivity index (χ4n) is 3.09. The van der Waals surface area contributed by atoms with E-state index in [-0.39, 0.29) is 5.91 Å². The number of nitrogens with two attached hydrogens (primary N) is 1. The van der Waals surface area contributed by atoms with Crippen LogP contribution in [0.3, 0.4) is 0 Å². The van der Waals surface area contributed by atoms with Crippen molar-refractivity contribution >= 4 is 35.1 Å². The van der Waals surface area contributed by atoms with Gasteiger partial charge in [-0.05, 0) is 43.4 Å². The summed E-state index contributed by atoms with van der Waals surface area (Å²) in [6, 6.07) is 5.18. The number of aliphatic imine (C=N–C) groups is 1. The molecule has 1 amide bonds. The van der Waals surface area contributed by atoms with Gasteiger partial charge in [0, 0.05) is 38.1 Å². The number of piperidine rings is 1. The molecule has 2 rings (SSSR count). The third-order valence-electron chi connectivity index (χ3n) is 4.28. The fraction of sp³-hybridized carbons (Fsp3) is 0.556. The Morgan fingerprint density at radius 1 is 1.46 bits per heavy atom. The van der Waals surface area contributed by atoms with E-state index in [0.717, 1.165) is 44.9 Å². The Morgan fingerprint density at radius 2 is 2.27 bits per heavy atom. The molecular formula is C18H26Cl2N4O2. The Bertz CT molecular complexity index is 640.